The summed E-state index contributed by atoms with van der Waals surface area (Å²) in [5.41, 5.74) is 0.789. The molecule has 0 saturated carbocycles. The third-order valence-electron chi connectivity index (χ3n) is 1.91. The van der Waals surface area contributed by atoms with E-state index in [0.29, 0.717) is 11.4 Å². The Kier molecular flexibility index (Phi) is 3.06. The van der Waals surface area contributed by atoms with Crippen LogP contribution >= 0.6 is 0 Å². The first-order valence-corrected chi connectivity index (χ1v) is 4.33. The minimum absolute atomic E-state index is 0.0898. The second kappa shape index (κ2) is 4.09. The molecule has 0 amide bonds. The number of aromatic carboxylic acids is 1. The van der Waals surface area contributed by atoms with Crippen LogP contribution in [0.5, 0.6) is 5.75 Å². The van der Waals surface area contributed by atoms with Crippen LogP contribution in [0, 0.1) is 0 Å². The number of nitrogens with zero attached hydrogens (tertiary/aromatic N) is 1. The molecule has 0 saturated heterocycles. The van der Waals surface area contributed by atoms with Crippen LogP contribution in [0.4, 0.5) is 0 Å². The maximum atomic E-state index is 10.9. The van der Waals surface area contributed by atoms with E-state index in [1.54, 1.807) is 0 Å². The smallest absolute Gasteiger partial charge is 0.337 e. The molecular weight excluding hydrogens is 182 g/mol. The van der Waals surface area contributed by atoms with Crippen molar-refractivity contribution in [3.8, 4) is 5.75 Å². The molecule has 1 heterocycles. The Morgan fingerprint density at radius 2 is 2.21 bits per heavy atom. The van der Waals surface area contributed by atoms with Gasteiger partial charge in [0.25, 0.3) is 0 Å². The molecule has 76 valence electrons. The number of carboxylic acids is 1. The van der Waals surface area contributed by atoms with Crippen molar-refractivity contribution in [2.24, 2.45) is 0 Å². The molecular formula is C10H13NO3. The van der Waals surface area contributed by atoms with Crippen LogP contribution in [0.2, 0.25) is 0 Å². The Balaban J connectivity index is 3.24. The maximum absolute atomic E-state index is 10.9. The number of aromatic nitrogens is 1. The van der Waals surface area contributed by atoms with Gasteiger partial charge in [-0.1, -0.05) is 13.8 Å². The van der Waals surface area contributed by atoms with Gasteiger partial charge >= 0.3 is 5.97 Å². The molecule has 1 aromatic heterocycles. The van der Waals surface area contributed by atoms with Crippen molar-refractivity contribution in [3.63, 3.8) is 0 Å². The van der Waals surface area contributed by atoms with Gasteiger partial charge in [-0.3, -0.25) is 4.98 Å². The second-order valence-electron chi connectivity index (χ2n) is 3.27. The standard InChI is InChI=1S/C10H13NO3/c1-6(2)9-8(10(12)13)4-7(14-3)5-11-9/h4-6H,1-3H3,(H,12,13). The minimum Gasteiger partial charge on any atom is -0.495 e. The molecule has 14 heavy (non-hydrogen) atoms. The molecule has 0 aliphatic carbocycles. The zero-order valence-electron chi connectivity index (χ0n) is 8.44. The molecule has 0 radical (unpaired) electrons. The molecule has 1 rings (SSSR count). The summed E-state index contributed by atoms with van der Waals surface area (Å²) in [4.78, 5) is 15.0. The summed E-state index contributed by atoms with van der Waals surface area (Å²) in [5, 5.41) is 8.94. The van der Waals surface area contributed by atoms with Gasteiger partial charge in [0, 0.05) is 0 Å². The van der Waals surface area contributed by atoms with Crippen LogP contribution in [0.3, 0.4) is 0 Å². The number of ether oxygens (including phenoxy) is 1. The van der Waals surface area contributed by atoms with Crippen molar-refractivity contribution in [3.05, 3.63) is 23.5 Å². The Bertz CT molecular complexity index is 347. The van der Waals surface area contributed by atoms with Gasteiger partial charge < -0.3 is 9.84 Å². The SMILES string of the molecule is COc1cnc(C(C)C)c(C(=O)O)c1. The zero-order chi connectivity index (χ0) is 10.7. The lowest BCUT2D eigenvalue weighted by atomic mass is 10.0. The Morgan fingerprint density at radius 1 is 1.57 bits per heavy atom. The molecule has 4 heteroatoms. The van der Waals surface area contributed by atoms with Crippen molar-refractivity contribution in [2.75, 3.05) is 7.11 Å². The number of hydrogen-bond acceptors (Lipinski definition) is 3. The van der Waals surface area contributed by atoms with E-state index in [0.717, 1.165) is 0 Å². The van der Waals surface area contributed by atoms with E-state index in [-0.39, 0.29) is 11.5 Å². The third-order valence-corrected chi connectivity index (χ3v) is 1.91. The first-order valence-electron chi connectivity index (χ1n) is 4.33. The molecule has 4 nitrogen and oxygen atoms in total. The van der Waals surface area contributed by atoms with E-state index in [2.05, 4.69) is 4.98 Å². The summed E-state index contributed by atoms with van der Waals surface area (Å²) in [7, 11) is 1.48. The van der Waals surface area contributed by atoms with Gasteiger partial charge in [-0.2, -0.15) is 0 Å². The summed E-state index contributed by atoms with van der Waals surface area (Å²) >= 11 is 0. The summed E-state index contributed by atoms with van der Waals surface area (Å²) in [5.74, 6) is -0.418. The van der Waals surface area contributed by atoms with Gasteiger partial charge in [0.2, 0.25) is 0 Å². The molecule has 0 aromatic carbocycles. The van der Waals surface area contributed by atoms with Crippen LogP contribution in [-0.4, -0.2) is 23.2 Å². The molecule has 0 spiro atoms. The minimum atomic E-state index is -0.972. The van der Waals surface area contributed by atoms with E-state index >= 15 is 0 Å². The Labute approximate surface area is 82.5 Å². The van der Waals surface area contributed by atoms with Gasteiger partial charge in [-0.15, -0.1) is 0 Å². The maximum Gasteiger partial charge on any atom is 0.337 e. The average Bonchev–Trinajstić information content (AvgIpc) is 2.16. The molecule has 0 aliphatic rings. The summed E-state index contributed by atoms with van der Waals surface area (Å²) in [6.45, 7) is 3.81. The van der Waals surface area contributed by atoms with Crippen LogP contribution in [0.15, 0.2) is 12.3 Å². The fourth-order valence-corrected chi connectivity index (χ4v) is 1.20. The van der Waals surface area contributed by atoms with E-state index < -0.39 is 5.97 Å². The molecule has 0 atom stereocenters. The number of hydrogen-bond donors (Lipinski definition) is 1. The second-order valence-corrected chi connectivity index (χ2v) is 3.27. The third kappa shape index (κ3) is 2.02. The van der Waals surface area contributed by atoms with Crippen LogP contribution in [0.25, 0.3) is 0 Å². The first-order chi connectivity index (χ1) is 6.56. The number of pyridine rings is 1. The predicted octanol–water partition coefficient (Wildman–Crippen LogP) is 1.91. The van der Waals surface area contributed by atoms with E-state index in [1.807, 2.05) is 13.8 Å². The van der Waals surface area contributed by atoms with Gasteiger partial charge in [-0.05, 0) is 12.0 Å². The highest BCUT2D eigenvalue weighted by Crippen LogP contribution is 2.21. The molecule has 0 bridgehead atoms. The largest absolute Gasteiger partial charge is 0.495 e. The average molecular weight is 195 g/mol. The Hall–Kier alpha value is -1.58. The summed E-state index contributed by atoms with van der Waals surface area (Å²) in [6.07, 6.45) is 1.53. The molecule has 0 unspecified atom stereocenters. The monoisotopic (exact) mass is 195 g/mol. The summed E-state index contributed by atoms with van der Waals surface area (Å²) in [6, 6.07) is 1.49. The fourth-order valence-electron chi connectivity index (χ4n) is 1.20. The lowest BCUT2D eigenvalue weighted by Crippen LogP contribution is -2.06. The van der Waals surface area contributed by atoms with Crippen molar-refractivity contribution in [1.29, 1.82) is 0 Å². The van der Waals surface area contributed by atoms with E-state index in [1.165, 1.54) is 19.4 Å². The number of carbonyl (C=O) groups is 1. The van der Waals surface area contributed by atoms with Crippen molar-refractivity contribution >= 4 is 5.97 Å². The molecule has 1 aromatic rings. The van der Waals surface area contributed by atoms with E-state index in [9.17, 15) is 4.79 Å². The molecule has 1 N–H and O–H groups in total. The van der Waals surface area contributed by atoms with Gasteiger partial charge in [-0.25, -0.2) is 4.79 Å². The van der Waals surface area contributed by atoms with Gasteiger partial charge in [0.15, 0.2) is 0 Å². The summed E-state index contributed by atoms with van der Waals surface area (Å²) < 4.78 is 4.91. The molecule has 0 fully saturated rings. The zero-order valence-corrected chi connectivity index (χ0v) is 8.44. The normalized spacial score (nSPS) is 10.3. The quantitative estimate of drug-likeness (QED) is 0.800. The van der Waals surface area contributed by atoms with Crippen LogP contribution < -0.4 is 4.74 Å². The van der Waals surface area contributed by atoms with Crippen molar-refractivity contribution in [2.45, 2.75) is 19.8 Å². The Morgan fingerprint density at radius 3 is 2.64 bits per heavy atom. The fraction of sp³-hybridized carbons (Fsp3) is 0.400. The highest BCUT2D eigenvalue weighted by atomic mass is 16.5. The lowest BCUT2D eigenvalue weighted by molar-refractivity contribution is 0.0694. The van der Waals surface area contributed by atoms with Crippen molar-refractivity contribution in [1.82, 2.24) is 4.98 Å². The van der Waals surface area contributed by atoms with Crippen molar-refractivity contribution < 1.29 is 14.6 Å². The van der Waals surface area contributed by atoms with Gasteiger partial charge in [0.1, 0.15) is 5.75 Å². The predicted molar refractivity (Wildman–Crippen MR) is 51.8 cm³/mol. The number of methoxy groups -OCH3 is 1. The lowest BCUT2D eigenvalue weighted by Gasteiger charge is -2.09. The highest BCUT2D eigenvalue weighted by molar-refractivity contribution is 5.89. The molecule has 0 aliphatic heterocycles. The highest BCUT2D eigenvalue weighted by Gasteiger charge is 2.15. The topological polar surface area (TPSA) is 59.4 Å². The van der Waals surface area contributed by atoms with Crippen LogP contribution in [-0.2, 0) is 0 Å². The number of rotatable bonds is 3. The number of carboxylic acid groups (broad SMARTS) is 1. The van der Waals surface area contributed by atoms with E-state index in [4.69, 9.17) is 9.84 Å². The van der Waals surface area contributed by atoms with Crippen LogP contribution in [0.1, 0.15) is 35.8 Å². The van der Waals surface area contributed by atoms with Gasteiger partial charge in [0.05, 0.1) is 24.6 Å². The first kappa shape index (κ1) is 10.5.